The first-order chi connectivity index (χ1) is 16.4. The van der Waals surface area contributed by atoms with Gasteiger partial charge in [-0.05, 0) is 67.1 Å². The molecule has 0 saturated carbocycles. The predicted molar refractivity (Wildman–Crippen MR) is 131 cm³/mol. The first-order valence-corrected chi connectivity index (χ1v) is 11.1. The van der Waals surface area contributed by atoms with E-state index in [9.17, 15) is 9.59 Å². The van der Waals surface area contributed by atoms with Crippen LogP contribution in [0.3, 0.4) is 0 Å². The van der Waals surface area contributed by atoms with Crippen LogP contribution in [0.2, 0.25) is 5.02 Å². The van der Waals surface area contributed by atoms with E-state index < -0.39 is 5.97 Å². The van der Waals surface area contributed by atoms with Gasteiger partial charge in [0.15, 0.2) is 0 Å². The summed E-state index contributed by atoms with van der Waals surface area (Å²) in [4.78, 5) is 26.0. The summed E-state index contributed by atoms with van der Waals surface area (Å²) in [6, 6.07) is 19.3. The van der Waals surface area contributed by atoms with Crippen LogP contribution >= 0.6 is 11.6 Å². The Morgan fingerprint density at radius 1 is 0.941 bits per heavy atom. The molecule has 1 aromatic heterocycles. The van der Waals surface area contributed by atoms with Gasteiger partial charge in [-0.3, -0.25) is 9.36 Å². The van der Waals surface area contributed by atoms with Crippen molar-refractivity contribution in [3.63, 3.8) is 0 Å². The monoisotopic (exact) mass is 477 g/mol. The fourth-order valence-electron chi connectivity index (χ4n) is 4.03. The van der Waals surface area contributed by atoms with Gasteiger partial charge in [0.25, 0.3) is 5.91 Å². The maximum absolute atomic E-state index is 13.4. The summed E-state index contributed by atoms with van der Waals surface area (Å²) < 4.78 is 17.9. The van der Waals surface area contributed by atoms with E-state index in [-0.39, 0.29) is 12.5 Å². The van der Waals surface area contributed by atoms with Gasteiger partial charge < -0.3 is 14.2 Å². The summed E-state index contributed by atoms with van der Waals surface area (Å²) in [5.74, 6) is 0.504. The van der Waals surface area contributed by atoms with Crippen LogP contribution in [0.5, 0.6) is 11.5 Å². The van der Waals surface area contributed by atoms with Gasteiger partial charge in [-0.25, -0.2) is 4.79 Å². The number of carbonyl (C=O) groups is 2. The molecule has 0 fully saturated rings. The van der Waals surface area contributed by atoms with Gasteiger partial charge in [-0.15, -0.1) is 0 Å². The van der Waals surface area contributed by atoms with Gasteiger partial charge in [-0.2, -0.15) is 0 Å². The number of fused-ring (bicyclic) bond motifs is 1. The largest absolute Gasteiger partial charge is 0.497 e. The molecule has 0 saturated heterocycles. The van der Waals surface area contributed by atoms with Crippen LogP contribution in [-0.2, 0) is 11.2 Å². The van der Waals surface area contributed by atoms with Crippen molar-refractivity contribution < 1.29 is 23.8 Å². The predicted octanol–water partition coefficient (Wildman–Crippen LogP) is 5.71. The second kappa shape index (κ2) is 10.0. The number of methoxy groups -OCH3 is 2. The topological polar surface area (TPSA) is 66.8 Å². The molecule has 0 spiro atoms. The third kappa shape index (κ3) is 4.50. The van der Waals surface area contributed by atoms with Gasteiger partial charge in [0, 0.05) is 28.1 Å². The molecule has 1 heterocycles. The van der Waals surface area contributed by atoms with Crippen molar-refractivity contribution in [2.45, 2.75) is 13.3 Å². The van der Waals surface area contributed by atoms with Crippen molar-refractivity contribution in [3.05, 3.63) is 94.1 Å². The van der Waals surface area contributed by atoms with Crippen LogP contribution in [0.15, 0.2) is 66.7 Å². The third-order valence-corrected chi connectivity index (χ3v) is 6.00. The van der Waals surface area contributed by atoms with E-state index in [1.165, 1.54) is 7.11 Å². The zero-order valence-corrected chi connectivity index (χ0v) is 19.9. The van der Waals surface area contributed by atoms with Crippen LogP contribution in [-0.4, -0.2) is 37.3 Å². The highest BCUT2D eigenvalue weighted by Crippen LogP contribution is 2.31. The van der Waals surface area contributed by atoms with Crippen LogP contribution in [0.25, 0.3) is 10.9 Å². The first kappa shape index (κ1) is 23.4. The quantitative estimate of drug-likeness (QED) is 0.319. The summed E-state index contributed by atoms with van der Waals surface area (Å²) in [5, 5.41) is 1.43. The Kier molecular flexibility index (Phi) is 6.89. The molecule has 0 aliphatic rings. The Labute approximate surface area is 202 Å². The van der Waals surface area contributed by atoms with E-state index in [4.69, 9.17) is 25.8 Å². The molecule has 0 N–H and O–H groups in total. The molecule has 0 aliphatic carbocycles. The highest BCUT2D eigenvalue weighted by atomic mass is 35.5. The smallest absolute Gasteiger partial charge is 0.341 e. The summed E-state index contributed by atoms with van der Waals surface area (Å²) in [6.45, 7) is 2.03. The third-order valence-electron chi connectivity index (χ3n) is 5.75. The van der Waals surface area contributed by atoms with Crippen molar-refractivity contribution >= 4 is 34.4 Å². The molecule has 0 radical (unpaired) electrons. The SMILES string of the molecule is COc1ccc2c(c1)c(CCOC(=O)c1ccccc1OC)c(C)n2C(=O)c1ccc(Cl)cc1. The Balaban J connectivity index is 1.65. The number of ether oxygens (including phenoxy) is 3. The van der Waals surface area contributed by atoms with Crippen LogP contribution in [0.4, 0.5) is 0 Å². The second-order valence-electron chi connectivity index (χ2n) is 7.68. The normalized spacial score (nSPS) is 10.8. The average molecular weight is 478 g/mol. The molecule has 6 nitrogen and oxygen atoms in total. The van der Waals surface area contributed by atoms with E-state index in [1.54, 1.807) is 60.2 Å². The Morgan fingerprint density at radius 3 is 2.38 bits per heavy atom. The van der Waals surface area contributed by atoms with Gasteiger partial charge >= 0.3 is 5.97 Å². The fourth-order valence-corrected chi connectivity index (χ4v) is 4.15. The lowest BCUT2D eigenvalue weighted by molar-refractivity contribution is 0.0505. The van der Waals surface area contributed by atoms with E-state index >= 15 is 0 Å². The Bertz CT molecular complexity index is 1360. The van der Waals surface area contributed by atoms with Crippen molar-refractivity contribution in [1.29, 1.82) is 0 Å². The summed E-state index contributed by atoms with van der Waals surface area (Å²) in [7, 11) is 3.11. The van der Waals surface area contributed by atoms with E-state index in [1.807, 2.05) is 25.1 Å². The van der Waals surface area contributed by atoms with Crippen molar-refractivity contribution in [2.75, 3.05) is 20.8 Å². The molecule has 0 unspecified atom stereocenters. The molecule has 0 bridgehead atoms. The lowest BCUT2D eigenvalue weighted by Crippen LogP contribution is -2.14. The number of hydrogen-bond donors (Lipinski definition) is 0. The zero-order valence-electron chi connectivity index (χ0n) is 19.1. The van der Waals surface area contributed by atoms with Crippen molar-refractivity contribution in [1.82, 2.24) is 4.57 Å². The Hall–Kier alpha value is -3.77. The fraction of sp³-hybridized carbons (Fsp3) is 0.185. The van der Waals surface area contributed by atoms with Gasteiger partial charge in [0.2, 0.25) is 0 Å². The molecular formula is C27H24ClNO5. The van der Waals surface area contributed by atoms with Crippen molar-refractivity contribution in [2.24, 2.45) is 0 Å². The maximum atomic E-state index is 13.4. The van der Waals surface area contributed by atoms with Crippen LogP contribution in [0, 0.1) is 6.92 Å². The number of benzene rings is 3. The number of halogens is 1. The minimum absolute atomic E-state index is 0.142. The molecule has 7 heteroatoms. The standard InChI is InChI=1S/C27H24ClNO5/c1-17-21(14-15-34-27(31)22-6-4-5-7-25(22)33-3)23-16-20(32-2)12-13-24(23)29(17)26(30)18-8-10-19(28)11-9-18/h4-13,16H,14-15H2,1-3H3. The van der Waals surface area contributed by atoms with E-state index in [0.717, 1.165) is 22.2 Å². The van der Waals surface area contributed by atoms with Gasteiger partial charge in [-0.1, -0.05) is 23.7 Å². The zero-order chi connectivity index (χ0) is 24.2. The number of rotatable bonds is 7. The molecule has 4 rings (SSSR count). The minimum atomic E-state index is -0.464. The highest BCUT2D eigenvalue weighted by molar-refractivity contribution is 6.30. The van der Waals surface area contributed by atoms with Crippen LogP contribution < -0.4 is 9.47 Å². The number of hydrogen-bond acceptors (Lipinski definition) is 5. The number of aromatic nitrogens is 1. The number of esters is 1. The summed E-state index contributed by atoms with van der Waals surface area (Å²) in [5.41, 5.74) is 3.32. The lowest BCUT2D eigenvalue weighted by atomic mass is 10.1. The van der Waals surface area contributed by atoms with Gasteiger partial charge in [0.1, 0.15) is 17.1 Å². The van der Waals surface area contributed by atoms with Gasteiger partial charge in [0.05, 0.1) is 26.3 Å². The van der Waals surface area contributed by atoms with E-state index in [0.29, 0.717) is 34.1 Å². The molecule has 174 valence electrons. The minimum Gasteiger partial charge on any atom is -0.497 e. The Morgan fingerprint density at radius 2 is 1.68 bits per heavy atom. The molecule has 0 atom stereocenters. The number of carbonyl (C=O) groups excluding carboxylic acids is 2. The maximum Gasteiger partial charge on any atom is 0.341 e. The molecule has 0 aliphatic heterocycles. The molecular weight excluding hydrogens is 454 g/mol. The molecule has 34 heavy (non-hydrogen) atoms. The molecule has 3 aromatic carbocycles. The molecule has 4 aromatic rings. The number of para-hydroxylation sites is 1. The second-order valence-corrected chi connectivity index (χ2v) is 8.12. The van der Waals surface area contributed by atoms with Crippen LogP contribution in [0.1, 0.15) is 32.0 Å². The summed E-state index contributed by atoms with van der Waals surface area (Å²) >= 11 is 5.99. The average Bonchev–Trinajstić information content (AvgIpc) is 3.14. The summed E-state index contributed by atoms with van der Waals surface area (Å²) in [6.07, 6.45) is 0.428. The molecule has 0 amide bonds. The number of nitrogens with zero attached hydrogens (tertiary/aromatic N) is 1. The lowest BCUT2D eigenvalue weighted by Gasteiger charge is -2.09. The van der Waals surface area contributed by atoms with E-state index in [2.05, 4.69) is 0 Å². The highest BCUT2D eigenvalue weighted by Gasteiger charge is 2.21. The first-order valence-electron chi connectivity index (χ1n) is 10.7. The van der Waals surface area contributed by atoms with Crippen molar-refractivity contribution in [3.8, 4) is 11.5 Å².